The molecule has 1 N–H and O–H groups in total. The van der Waals surface area contributed by atoms with Crippen molar-refractivity contribution in [3.05, 3.63) is 66.0 Å². The second-order valence-electron chi connectivity index (χ2n) is 5.81. The second kappa shape index (κ2) is 6.55. The van der Waals surface area contributed by atoms with E-state index in [4.69, 9.17) is 5.26 Å². The first-order valence-electron chi connectivity index (χ1n) is 7.79. The fourth-order valence-corrected chi connectivity index (χ4v) is 2.42. The van der Waals surface area contributed by atoms with E-state index < -0.39 is 0 Å². The van der Waals surface area contributed by atoms with Crippen LogP contribution < -0.4 is 0 Å². The van der Waals surface area contributed by atoms with E-state index in [0.717, 1.165) is 5.57 Å². The highest BCUT2D eigenvalue weighted by molar-refractivity contribution is 5.69. The number of allylic oxidation sites excluding steroid dienone is 5. The standard InChI is InChI=1S/C19H18N4O/c1-3-14(10-20)5-4-13(2)17-12-22-23(19(17)24)18-9-8-16(11-21-18)15-6-7-15/h3-5,8-9,11-12,15,24H,1,6-7H2,2H3/b13-4+,14-5+. The first-order valence-corrected chi connectivity index (χ1v) is 7.79. The van der Waals surface area contributed by atoms with E-state index in [2.05, 4.69) is 16.7 Å². The summed E-state index contributed by atoms with van der Waals surface area (Å²) in [6.07, 6.45) is 10.8. The first kappa shape index (κ1) is 15.8. The van der Waals surface area contributed by atoms with Crippen LogP contribution in [0.2, 0.25) is 0 Å². The van der Waals surface area contributed by atoms with Gasteiger partial charge in [0.2, 0.25) is 5.88 Å². The minimum atomic E-state index is 0.0286. The Bertz CT molecular complexity index is 862. The molecule has 3 rings (SSSR count). The van der Waals surface area contributed by atoms with Crippen LogP contribution in [0, 0.1) is 11.3 Å². The van der Waals surface area contributed by atoms with Crippen LogP contribution in [0.3, 0.4) is 0 Å². The van der Waals surface area contributed by atoms with Crippen molar-refractivity contribution in [1.82, 2.24) is 14.8 Å². The molecule has 24 heavy (non-hydrogen) atoms. The van der Waals surface area contributed by atoms with Crippen LogP contribution in [0.15, 0.2) is 54.9 Å². The average molecular weight is 318 g/mol. The predicted molar refractivity (Wildman–Crippen MR) is 92.5 cm³/mol. The summed E-state index contributed by atoms with van der Waals surface area (Å²) in [7, 11) is 0. The minimum absolute atomic E-state index is 0.0286. The van der Waals surface area contributed by atoms with Gasteiger partial charge < -0.3 is 5.11 Å². The summed E-state index contributed by atoms with van der Waals surface area (Å²) in [6.45, 7) is 5.42. The number of nitriles is 1. The van der Waals surface area contributed by atoms with E-state index in [1.54, 1.807) is 18.3 Å². The fourth-order valence-electron chi connectivity index (χ4n) is 2.42. The molecule has 1 aliphatic rings. The summed E-state index contributed by atoms with van der Waals surface area (Å²) in [5.41, 5.74) is 3.09. The van der Waals surface area contributed by atoms with Gasteiger partial charge in [-0.1, -0.05) is 24.8 Å². The quantitative estimate of drug-likeness (QED) is 0.670. The van der Waals surface area contributed by atoms with Crippen molar-refractivity contribution in [2.24, 2.45) is 0 Å². The van der Waals surface area contributed by atoms with Crippen molar-refractivity contribution < 1.29 is 5.11 Å². The van der Waals surface area contributed by atoms with Crippen LogP contribution in [0.4, 0.5) is 0 Å². The van der Waals surface area contributed by atoms with Gasteiger partial charge in [-0.05, 0) is 49.0 Å². The molecule has 0 unspecified atom stereocenters. The van der Waals surface area contributed by atoms with Crippen LogP contribution in [-0.4, -0.2) is 19.9 Å². The lowest BCUT2D eigenvalue weighted by atomic mass is 10.1. The number of pyridine rings is 1. The Kier molecular flexibility index (Phi) is 4.30. The summed E-state index contributed by atoms with van der Waals surface area (Å²) < 4.78 is 1.41. The molecule has 120 valence electrons. The monoisotopic (exact) mass is 318 g/mol. The molecule has 0 aromatic carbocycles. The number of aromatic hydroxyl groups is 1. The molecule has 0 aliphatic heterocycles. The third kappa shape index (κ3) is 3.13. The molecular formula is C19H18N4O. The van der Waals surface area contributed by atoms with E-state index in [1.807, 2.05) is 31.3 Å². The van der Waals surface area contributed by atoms with Gasteiger partial charge >= 0.3 is 0 Å². The van der Waals surface area contributed by atoms with E-state index in [9.17, 15) is 5.11 Å². The maximum absolute atomic E-state index is 10.4. The Morgan fingerprint density at radius 1 is 1.38 bits per heavy atom. The Hall–Kier alpha value is -3.13. The van der Waals surface area contributed by atoms with Gasteiger partial charge in [-0.15, -0.1) is 0 Å². The molecule has 5 nitrogen and oxygen atoms in total. The van der Waals surface area contributed by atoms with Crippen LogP contribution in [0.1, 0.15) is 36.8 Å². The van der Waals surface area contributed by atoms with Gasteiger partial charge in [0.25, 0.3) is 0 Å². The lowest BCUT2D eigenvalue weighted by molar-refractivity contribution is 0.430. The molecule has 2 aromatic rings. The summed E-state index contributed by atoms with van der Waals surface area (Å²) in [5, 5.41) is 23.5. The van der Waals surface area contributed by atoms with Gasteiger partial charge in [0.15, 0.2) is 5.82 Å². The Morgan fingerprint density at radius 3 is 2.75 bits per heavy atom. The molecule has 0 bridgehead atoms. The molecule has 0 radical (unpaired) electrons. The van der Waals surface area contributed by atoms with Crippen LogP contribution in [0.5, 0.6) is 5.88 Å². The zero-order valence-corrected chi connectivity index (χ0v) is 13.5. The number of hydrogen-bond acceptors (Lipinski definition) is 4. The maximum atomic E-state index is 10.4. The van der Waals surface area contributed by atoms with E-state index in [1.165, 1.54) is 29.2 Å². The van der Waals surface area contributed by atoms with E-state index >= 15 is 0 Å². The van der Waals surface area contributed by atoms with Gasteiger partial charge in [-0.2, -0.15) is 15.0 Å². The highest BCUT2D eigenvalue weighted by atomic mass is 16.3. The number of nitrogens with zero attached hydrogens (tertiary/aromatic N) is 4. The normalized spacial score (nSPS) is 15.2. The van der Waals surface area contributed by atoms with Gasteiger partial charge in [0, 0.05) is 6.20 Å². The molecule has 1 saturated carbocycles. The lowest BCUT2D eigenvalue weighted by Crippen LogP contribution is -1.99. The van der Waals surface area contributed by atoms with Crippen molar-refractivity contribution >= 4 is 5.57 Å². The smallest absolute Gasteiger partial charge is 0.223 e. The predicted octanol–water partition coefficient (Wildman–Crippen LogP) is 3.89. The van der Waals surface area contributed by atoms with Crippen LogP contribution in [-0.2, 0) is 0 Å². The third-order valence-electron chi connectivity index (χ3n) is 4.07. The average Bonchev–Trinajstić information content (AvgIpc) is 3.38. The third-order valence-corrected chi connectivity index (χ3v) is 4.07. The number of hydrogen-bond donors (Lipinski definition) is 1. The molecule has 2 heterocycles. The molecule has 1 fully saturated rings. The van der Waals surface area contributed by atoms with Gasteiger partial charge in [-0.25, -0.2) is 4.98 Å². The Labute approximate surface area is 140 Å². The highest BCUT2D eigenvalue weighted by Gasteiger charge is 2.23. The largest absolute Gasteiger partial charge is 0.493 e. The van der Waals surface area contributed by atoms with Gasteiger partial charge in [-0.3, -0.25) is 0 Å². The van der Waals surface area contributed by atoms with Crippen molar-refractivity contribution in [3.63, 3.8) is 0 Å². The van der Waals surface area contributed by atoms with E-state index in [-0.39, 0.29) is 5.88 Å². The minimum Gasteiger partial charge on any atom is -0.493 e. The molecule has 5 heteroatoms. The highest BCUT2D eigenvalue weighted by Crippen LogP contribution is 2.39. The topological polar surface area (TPSA) is 74.7 Å². The molecule has 0 atom stereocenters. The zero-order valence-electron chi connectivity index (χ0n) is 13.5. The van der Waals surface area contributed by atoms with Gasteiger partial charge in [0.1, 0.15) is 0 Å². The van der Waals surface area contributed by atoms with Crippen molar-refractivity contribution in [1.29, 1.82) is 5.26 Å². The van der Waals surface area contributed by atoms with Crippen molar-refractivity contribution in [2.75, 3.05) is 0 Å². The number of rotatable bonds is 5. The summed E-state index contributed by atoms with van der Waals surface area (Å²) in [4.78, 5) is 4.40. The van der Waals surface area contributed by atoms with Crippen molar-refractivity contribution in [3.8, 4) is 17.8 Å². The Balaban J connectivity index is 1.88. The van der Waals surface area contributed by atoms with Crippen LogP contribution in [0.25, 0.3) is 11.4 Å². The maximum Gasteiger partial charge on any atom is 0.223 e. The number of aromatic nitrogens is 3. The molecular weight excluding hydrogens is 300 g/mol. The molecule has 0 spiro atoms. The summed E-state index contributed by atoms with van der Waals surface area (Å²) in [5.74, 6) is 1.25. The second-order valence-corrected chi connectivity index (χ2v) is 5.81. The van der Waals surface area contributed by atoms with Gasteiger partial charge in [0.05, 0.1) is 23.4 Å². The fraction of sp³-hybridized carbons (Fsp3) is 0.211. The van der Waals surface area contributed by atoms with Crippen LogP contribution >= 0.6 is 0 Å². The lowest BCUT2D eigenvalue weighted by Gasteiger charge is -2.04. The molecule has 0 amide bonds. The molecule has 0 saturated heterocycles. The molecule has 2 aromatic heterocycles. The zero-order chi connectivity index (χ0) is 17.1. The summed E-state index contributed by atoms with van der Waals surface area (Å²) >= 11 is 0. The Morgan fingerprint density at radius 2 is 2.17 bits per heavy atom. The first-order chi connectivity index (χ1) is 11.6. The van der Waals surface area contributed by atoms with Crippen molar-refractivity contribution in [2.45, 2.75) is 25.7 Å². The summed E-state index contributed by atoms with van der Waals surface area (Å²) in [6, 6.07) is 5.94. The van der Waals surface area contributed by atoms with E-state index in [0.29, 0.717) is 22.9 Å². The SMILES string of the molecule is C=C/C(C#N)=C\C=C(/C)c1cnn(-c2ccc(C3CC3)cn2)c1O. The molecule has 1 aliphatic carbocycles.